The van der Waals surface area contributed by atoms with Gasteiger partial charge in [-0.3, -0.25) is 9.59 Å². The highest BCUT2D eigenvalue weighted by molar-refractivity contribution is 6.07. The molecule has 1 aromatic heterocycles. The Bertz CT molecular complexity index is 993. The predicted molar refractivity (Wildman–Crippen MR) is 104 cm³/mol. The van der Waals surface area contributed by atoms with Crippen LogP contribution in [-0.4, -0.2) is 18.4 Å². The molecule has 0 aliphatic carbocycles. The molecule has 1 aliphatic rings. The van der Waals surface area contributed by atoms with Crippen molar-refractivity contribution < 1.29 is 14.0 Å². The summed E-state index contributed by atoms with van der Waals surface area (Å²) in [6, 6.07) is 16.5. The lowest BCUT2D eigenvalue weighted by Crippen LogP contribution is -2.35. The van der Waals surface area contributed by atoms with E-state index in [0.29, 0.717) is 23.6 Å². The molecule has 0 radical (unpaired) electrons. The molecule has 5 nitrogen and oxygen atoms in total. The van der Waals surface area contributed by atoms with Gasteiger partial charge in [0.15, 0.2) is 5.76 Å². The maximum absolute atomic E-state index is 12.8. The number of furan rings is 1. The summed E-state index contributed by atoms with van der Waals surface area (Å²) in [7, 11) is 0. The molecule has 0 fully saturated rings. The number of hydrogen-bond acceptors (Lipinski definition) is 3. The number of rotatable bonds is 3. The molecule has 0 saturated carbocycles. The van der Waals surface area contributed by atoms with Crippen molar-refractivity contribution in [3.05, 3.63) is 83.3 Å². The van der Waals surface area contributed by atoms with Crippen LogP contribution < -0.4 is 10.2 Å². The minimum Gasteiger partial charge on any atom is -0.459 e. The molecule has 2 aromatic carbocycles. The summed E-state index contributed by atoms with van der Waals surface area (Å²) in [6.45, 7) is 2.58. The van der Waals surface area contributed by atoms with E-state index in [1.54, 1.807) is 23.1 Å². The summed E-state index contributed by atoms with van der Waals surface area (Å²) >= 11 is 0. The van der Waals surface area contributed by atoms with E-state index in [2.05, 4.69) is 5.32 Å². The third-order valence-electron chi connectivity index (χ3n) is 4.72. The number of hydrogen-bond donors (Lipinski definition) is 1. The first-order chi connectivity index (χ1) is 13.1. The van der Waals surface area contributed by atoms with Crippen molar-refractivity contribution in [3.63, 3.8) is 0 Å². The summed E-state index contributed by atoms with van der Waals surface area (Å²) in [5.41, 5.74) is 4.22. The first kappa shape index (κ1) is 17.1. The number of anilines is 2. The molecule has 1 N–H and O–H groups in total. The van der Waals surface area contributed by atoms with Crippen LogP contribution in [0.25, 0.3) is 0 Å². The number of amides is 2. The molecule has 27 heavy (non-hydrogen) atoms. The van der Waals surface area contributed by atoms with E-state index in [1.165, 1.54) is 6.26 Å². The normalized spacial score (nSPS) is 13.1. The predicted octanol–water partition coefficient (Wildman–Crippen LogP) is 4.43. The second kappa shape index (κ2) is 7.11. The number of benzene rings is 2. The van der Waals surface area contributed by atoms with E-state index in [1.807, 2.05) is 43.3 Å². The molecule has 0 atom stereocenters. The lowest BCUT2D eigenvalue weighted by Gasteiger charge is -2.29. The van der Waals surface area contributed by atoms with Crippen LogP contribution in [0.4, 0.5) is 11.4 Å². The molecule has 0 spiro atoms. The van der Waals surface area contributed by atoms with E-state index in [0.717, 1.165) is 29.7 Å². The van der Waals surface area contributed by atoms with Crippen LogP contribution in [-0.2, 0) is 6.42 Å². The molecule has 4 rings (SSSR count). The number of nitrogens with zero attached hydrogens (tertiary/aromatic N) is 1. The van der Waals surface area contributed by atoms with Gasteiger partial charge in [0.1, 0.15) is 0 Å². The zero-order chi connectivity index (χ0) is 18.8. The molecule has 2 amide bonds. The quantitative estimate of drug-likeness (QED) is 0.751. The van der Waals surface area contributed by atoms with Gasteiger partial charge in [0.2, 0.25) is 0 Å². The van der Waals surface area contributed by atoms with Gasteiger partial charge in [0, 0.05) is 23.5 Å². The molecular weight excluding hydrogens is 340 g/mol. The first-order valence-corrected chi connectivity index (χ1v) is 8.98. The van der Waals surface area contributed by atoms with Crippen LogP contribution in [0.2, 0.25) is 0 Å². The number of nitrogens with one attached hydrogen (secondary N) is 1. The van der Waals surface area contributed by atoms with Crippen molar-refractivity contribution in [2.24, 2.45) is 0 Å². The molecule has 3 aromatic rings. The SMILES string of the molecule is Cc1cccc(C(=O)Nc2ccc3c(c2)N(C(=O)c2ccco2)CCC3)c1. The zero-order valence-electron chi connectivity index (χ0n) is 15.1. The number of carbonyl (C=O) groups excluding carboxylic acids is 2. The van der Waals surface area contributed by atoms with Crippen molar-refractivity contribution in [1.82, 2.24) is 0 Å². The van der Waals surface area contributed by atoms with Crippen LogP contribution in [0.15, 0.2) is 65.3 Å². The van der Waals surface area contributed by atoms with Crippen molar-refractivity contribution in [3.8, 4) is 0 Å². The Labute approximate surface area is 157 Å². The van der Waals surface area contributed by atoms with Gasteiger partial charge in [-0.05, 0) is 61.7 Å². The molecule has 2 heterocycles. The van der Waals surface area contributed by atoms with Gasteiger partial charge in [-0.1, -0.05) is 23.8 Å². The van der Waals surface area contributed by atoms with Crippen molar-refractivity contribution in [2.45, 2.75) is 19.8 Å². The highest BCUT2D eigenvalue weighted by Gasteiger charge is 2.25. The Morgan fingerprint density at radius 2 is 1.96 bits per heavy atom. The Hall–Kier alpha value is -3.34. The number of aryl methyl sites for hydroxylation is 2. The van der Waals surface area contributed by atoms with Gasteiger partial charge >= 0.3 is 0 Å². The zero-order valence-corrected chi connectivity index (χ0v) is 15.1. The fourth-order valence-electron chi connectivity index (χ4n) is 3.39. The lowest BCUT2D eigenvalue weighted by molar-refractivity contribution is 0.0958. The Morgan fingerprint density at radius 3 is 2.74 bits per heavy atom. The maximum atomic E-state index is 12.8. The Morgan fingerprint density at radius 1 is 1.07 bits per heavy atom. The molecule has 1 aliphatic heterocycles. The van der Waals surface area contributed by atoms with Crippen molar-refractivity contribution in [2.75, 3.05) is 16.8 Å². The van der Waals surface area contributed by atoms with Gasteiger partial charge in [-0.25, -0.2) is 0 Å². The second-order valence-corrected chi connectivity index (χ2v) is 6.70. The number of fused-ring (bicyclic) bond motifs is 1. The number of carbonyl (C=O) groups is 2. The summed E-state index contributed by atoms with van der Waals surface area (Å²) in [4.78, 5) is 27.0. The largest absolute Gasteiger partial charge is 0.459 e. The van der Waals surface area contributed by atoms with Crippen LogP contribution in [0.3, 0.4) is 0 Å². The smallest absolute Gasteiger partial charge is 0.293 e. The molecule has 0 bridgehead atoms. The van der Waals surface area contributed by atoms with Crippen LogP contribution in [0.1, 0.15) is 38.5 Å². The second-order valence-electron chi connectivity index (χ2n) is 6.70. The third-order valence-corrected chi connectivity index (χ3v) is 4.72. The van der Waals surface area contributed by atoms with Gasteiger partial charge in [0.05, 0.1) is 6.26 Å². The van der Waals surface area contributed by atoms with Crippen LogP contribution in [0, 0.1) is 6.92 Å². The maximum Gasteiger partial charge on any atom is 0.293 e. The van der Waals surface area contributed by atoms with Crippen molar-refractivity contribution >= 4 is 23.2 Å². The molecule has 5 heteroatoms. The summed E-state index contributed by atoms with van der Waals surface area (Å²) in [5, 5.41) is 2.93. The highest BCUT2D eigenvalue weighted by atomic mass is 16.3. The van der Waals surface area contributed by atoms with Gasteiger partial charge < -0.3 is 14.6 Å². The van der Waals surface area contributed by atoms with Gasteiger partial charge in [-0.2, -0.15) is 0 Å². The van der Waals surface area contributed by atoms with E-state index in [9.17, 15) is 9.59 Å². The molecule has 136 valence electrons. The van der Waals surface area contributed by atoms with E-state index in [4.69, 9.17) is 4.42 Å². The van der Waals surface area contributed by atoms with Crippen LogP contribution >= 0.6 is 0 Å². The average Bonchev–Trinajstić information content (AvgIpc) is 3.22. The van der Waals surface area contributed by atoms with Gasteiger partial charge in [-0.15, -0.1) is 0 Å². The molecule has 0 saturated heterocycles. The Kier molecular flexibility index (Phi) is 4.50. The molecular formula is C22H20N2O3. The van der Waals surface area contributed by atoms with E-state index in [-0.39, 0.29) is 11.8 Å². The fourth-order valence-corrected chi connectivity index (χ4v) is 3.39. The lowest BCUT2D eigenvalue weighted by atomic mass is 10.0. The van der Waals surface area contributed by atoms with E-state index >= 15 is 0 Å². The van der Waals surface area contributed by atoms with Crippen LogP contribution in [0.5, 0.6) is 0 Å². The van der Waals surface area contributed by atoms with Crippen molar-refractivity contribution in [1.29, 1.82) is 0 Å². The fraction of sp³-hybridized carbons (Fsp3) is 0.182. The van der Waals surface area contributed by atoms with E-state index < -0.39 is 0 Å². The molecule has 0 unspecified atom stereocenters. The van der Waals surface area contributed by atoms with Gasteiger partial charge in [0.25, 0.3) is 11.8 Å². The average molecular weight is 360 g/mol. The summed E-state index contributed by atoms with van der Waals surface area (Å²) < 4.78 is 5.27. The standard InChI is InChI=1S/C22H20N2O3/c1-15-5-2-6-17(13-15)21(25)23-18-10-9-16-7-3-11-24(19(16)14-18)22(26)20-8-4-12-27-20/h2,4-6,8-10,12-14H,3,7,11H2,1H3,(H,23,25). The summed E-state index contributed by atoms with van der Waals surface area (Å²) in [5.74, 6) is -0.0152. The highest BCUT2D eigenvalue weighted by Crippen LogP contribution is 2.31. The minimum absolute atomic E-state index is 0.164. The minimum atomic E-state index is -0.168. The topological polar surface area (TPSA) is 62.6 Å². The summed E-state index contributed by atoms with van der Waals surface area (Å²) in [6.07, 6.45) is 3.30. The Balaban J connectivity index is 1.61. The monoisotopic (exact) mass is 360 g/mol. The first-order valence-electron chi connectivity index (χ1n) is 8.98. The third kappa shape index (κ3) is 3.49.